The van der Waals surface area contributed by atoms with E-state index in [0.29, 0.717) is 24.3 Å². The molecule has 1 heterocycles. The van der Waals surface area contributed by atoms with Gasteiger partial charge in [0.25, 0.3) is 0 Å². The van der Waals surface area contributed by atoms with Gasteiger partial charge in [-0.25, -0.2) is 0 Å². The van der Waals surface area contributed by atoms with Crippen LogP contribution in [0.1, 0.15) is 50.0 Å². The average molecular weight is 367 g/mol. The Morgan fingerprint density at radius 3 is 2.00 bits per heavy atom. The summed E-state index contributed by atoms with van der Waals surface area (Å²) in [7, 11) is 5.23. The van der Waals surface area contributed by atoms with E-state index in [1.165, 1.54) is 0 Å². The number of nitrogens with zero attached hydrogens (tertiary/aromatic N) is 1. The lowest BCUT2D eigenvalue weighted by molar-refractivity contribution is -0.117. The van der Waals surface area contributed by atoms with Crippen LogP contribution in [0.25, 0.3) is 0 Å². The van der Waals surface area contributed by atoms with Crippen molar-refractivity contribution < 1.29 is 19.1 Å². The number of hydrogen-bond donors (Lipinski definition) is 0. The van der Waals surface area contributed by atoms with Crippen LogP contribution in [-0.2, 0) is 9.59 Å². The minimum absolute atomic E-state index is 0.149. The number of ether oxygens (including phenoxy) is 2. The van der Waals surface area contributed by atoms with Crippen molar-refractivity contribution in [1.82, 2.24) is 4.90 Å². The molecule has 4 rings (SSSR count). The summed E-state index contributed by atoms with van der Waals surface area (Å²) in [4.78, 5) is 28.1. The summed E-state index contributed by atoms with van der Waals surface area (Å²) in [6, 6.07) is 5.64. The van der Waals surface area contributed by atoms with Crippen molar-refractivity contribution in [3.05, 3.63) is 46.3 Å². The number of benzene rings is 1. The van der Waals surface area contributed by atoms with Gasteiger partial charge < -0.3 is 14.4 Å². The molecular formula is C22H25NO4. The quantitative estimate of drug-likeness (QED) is 0.814. The van der Waals surface area contributed by atoms with Gasteiger partial charge in [0.15, 0.2) is 11.6 Å². The number of ketones is 2. The minimum atomic E-state index is -0.340. The predicted octanol–water partition coefficient (Wildman–Crippen LogP) is 3.75. The molecule has 1 aromatic carbocycles. The van der Waals surface area contributed by atoms with Gasteiger partial charge in [-0.3, -0.25) is 9.59 Å². The van der Waals surface area contributed by atoms with Gasteiger partial charge in [-0.15, -0.1) is 0 Å². The summed E-state index contributed by atoms with van der Waals surface area (Å²) in [5, 5.41) is 0. The van der Waals surface area contributed by atoms with E-state index in [1.807, 2.05) is 25.2 Å². The third-order valence-corrected chi connectivity index (χ3v) is 6.00. The number of allylic oxidation sites excluding steroid dienone is 4. The standard InChI is InChI=1S/C22H25NO4/c1-23-15-6-4-8-17(24)21(15)20(22-16(23)7-5-9-18(22)25)14-11-10-13(26-2)12-19(14)27-3/h10-12,20H,4-9H2,1-3H3. The lowest BCUT2D eigenvalue weighted by Crippen LogP contribution is -2.37. The van der Waals surface area contributed by atoms with Crippen LogP contribution >= 0.6 is 0 Å². The van der Waals surface area contributed by atoms with Crippen molar-refractivity contribution in [1.29, 1.82) is 0 Å². The first-order valence-electron chi connectivity index (χ1n) is 9.55. The molecule has 27 heavy (non-hydrogen) atoms. The fraction of sp³-hybridized carbons (Fsp3) is 0.455. The molecule has 0 bridgehead atoms. The Morgan fingerprint density at radius 1 is 0.889 bits per heavy atom. The van der Waals surface area contributed by atoms with E-state index < -0.39 is 0 Å². The zero-order valence-corrected chi connectivity index (χ0v) is 16.1. The second-order valence-corrected chi connectivity index (χ2v) is 7.37. The molecule has 0 fully saturated rings. The number of methoxy groups -OCH3 is 2. The Morgan fingerprint density at radius 2 is 1.48 bits per heavy atom. The molecule has 0 N–H and O–H groups in total. The van der Waals surface area contributed by atoms with Crippen LogP contribution in [0.15, 0.2) is 40.7 Å². The van der Waals surface area contributed by atoms with E-state index in [4.69, 9.17) is 9.47 Å². The summed E-state index contributed by atoms with van der Waals surface area (Å²) in [6.07, 6.45) is 4.56. The van der Waals surface area contributed by atoms with Gasteiger partial charge in [0.1, 0.15) is 11.5 Å². The second kappa shape index (κ2) is 6.87. The molecule has 5 heteroatoms. The van der Waals surface area contributed by atoms with Crippen molar-refractivity contribution >= 4 is 11.6 Å². The molecular weight excluding hydrogens is 342 g/mol. The number of carbonyl (C=O) groups is 2. The molecule has 5 nitrogen and oxygen atoms in total. The second-order valence-electron chi connectivity index (χ2n) is 7.37. The molecule has 0 spiro atoms. The Hall–Kier alpha value is -2.56. The van der Waals surface area contributed by atoms with E-state index in [-0.39, 0.29) is 17.5 Å². The highest BCUT2D eigenvalue weighted by atomic mass is 16.5. The number of Topliss-reactive ketones (excluding diaryl/α,β-unsaturated/α-hetero) is 2. The molecule has 1 aliphatic heterocycles. The lowest BCUT2D eigenvalue weighted by Gasteiger charge is -2.42. The summed E-state index contributed by atoms with van der Waals surface area (Å²) >= 11 is 0. The highest BCUT2D eigenvalue weighted by Crippen LogP contribution is 2.50. The first-order chi connectivity index (χ1) is 13.1. The molecule has 142 valence electrons. The molecule has 0 radical (unpaired) electrons. The van der Waals surface area contributed by atoms with Crippen LogP contribution in [-0.4, -0.2) is 37.7 Å². The third kappa shape index (κ3) is 2.76. The first kappa shape index (κ1) is 17.8. The SMILES string of the molecule is COc1ccc(C2C3=C(CCCC3=O)N(C)C3=C2C(=O)CCC3)c(OC)c1. The topological polar surface area (TPSA) is 55.8 Å². The zero-order valence-electron chi connectivity index (χ0n) is 16.1. The van der Waals surface area contributed by atoms with Crippen LogP contribution in [0.2, 0.25) is 0 Å². The van der Waals surface area contributed by atoms with Gasteiger partial charge in [-0.05, 0) is 31.7 Å². The van der Waals surface area contributed by atoms with Gasteiger partial charge in [-0.2, -0.15) is 0 Å². The van der Waals surface area contributed by atoms with Gasteiger partial charge in [0, 0.05) is 60.0 Å². The molecule has 0 amide bonds. The number of hydrogen-bond acceptors (Lipinski definition) is 5. The molecule has 3 aliphatic rings. The molecule has 2 aliphatic carbocycles. The van der Waals surface area contributed by atoms with Crippen LogP contribution in [0.3, 0.4) is 0 Å². The molecule has 0 saturated carbocycles. The van der Waals surface area contributed by atoms with Crippen molar-refractivity contribution in [3.8, 4) is 11.5 Å². The smallest absolute Gasteiger partial charge is 0.161 e. The summed E-state index contributed by atoms with van der Waals surface area (Å²) in [6.45, 7) is 0. The summed E-state index contributed by atoms with van der Waals surface area (Å²) in [5.41, 5.74) is 4.57. The van der Waals surface area contributed by atoms with E-state index in [1.54, 1.807) is 14.2 Å². The normalized spacial score (nSPS) is 20.6. The van der Waals surface area contributed by atoms with Crippen LogP contribution in [0, 0.1) is 0 Å². The van der Waals surface area contributed by atoms with Crippen LogP contribution < -0.4 is 9.47 Å². The molecule has 1 aromatic rings. The van der Waals surface area contributed by atoms with Crippen LogP contribution in [0.5, 0.6) is 11.5 Å². The number of rotatable bonds is 3. The van der Waals surface area contributed by atoms with Gasteiger partial charge in [0.05, 0.1) is 14.2 Å². The minimum Gasteiger partial charge on any atom is -0.497 e. The van der Waals surface area contributed by atoms with Crippen molar-refractivity contribution in [2.75, 3.05) is 21.3 Å². The Labute approximate surface area is 159 Å². The fourth-order valence-corrected chi connectivity index (χ4v) is 4.72. The Balaban J connectivity index is 1.97. The molecule has 0 aromatic heterocycles. The maximum absolute atomic E-state index is 13.0. The van der Waals surface area contributed by atoms with E-state index in [0.717, 1.165) is 53.8 Å². The molecule has 0 atom stereocenters. The monoisotopic (exact) mass is 367 g/mol. The predicted molar refractivity (Wildman–Crippen MR) is 102 cm³/mol. The van der Waals surface area contributed by atoms with Crippen LogP contribution in [0.4, 0.5) is 0 Å². The zero-order chi connectivity index (χ0) is 19.1. The van der Waals surface area contributed by atoms with Crippen molar-refractivity contribution in [2.45, 2.75) is 44.4 Å². The van der Waals surface area contributed by atoms with E-state index >= 15 is 0 Å². The molecule has 0 saturated heterocycles. The Kier molecular flexibility index (Phi) is 4.54. The largest absolute Gasteiger partial charge is 0.497 e. The van der Waals surface area contributed by atoms with Gasteiger partial charge in [0.2, 0.25) is 0 Å². The van der Waals surface area contributed by atoms with Crippen molar-refractivity contribution in [2.24, 2.45) is 0 Å². The van der Waals surface area contributed by atoms with Gasteiger partial charge in [-0.1, -0.05) is 6.07 Å². The van der Waals surface area contributed by atoms with E-state index in [2.05, 4.69) is 4.90 Å². The highest BCUT2D eigenvalue weighted by Gasteiger charge is 2.43. The highest BCUT2D eigenvalue weighted by molar-refractivity contribution is 6.06. The lowest BCUT2D eigenvalue weighted by atomic mass is 9.71. The summed E-state index contributed by atoms with van der Waals surface area (Å²) < 4.78 is 11.0. The summed E-state index contributed by atoms with van der Waals surface area (Å²) in [5.74, 6) is 1.30. The molecule has 0 unspecified atom stereocenters. The Bertz CT molecular complexity index is 836. The maximum atomic E-state index is 13.0. The van der Waals surface area contributed by atoms with E-state index in [9.17, 15) is 9.59 Å². The number of carbonyl (C=O) groups excluding carboxylic acids is 2. The maximum Gasteiger partial charge on any atom is 0.161 e. The van der Waals surface area contributed by atoms with Gasteiger partial charge >= 0.3 is 0 Å². The van der Waals surface area contributed by atoms with Crippen molar-refractivity contribution in [3.63, 3.8) is 0 Å². The third-order valence-electron chi connectivity index (χ3n) is 6.00. The average Bonchev–Trinajstić information content (AvgIpc) is 2.69. The first-order valence-corrected chi connectivity index (χ1v) is 9.55. The fourth-order valence-electron chi connectivity index (χ4n) is 4.72.